The van der Waals surface area contributed by atoms with Gasteiger partial charge >= 0.3 is 0 Å². The number of rotatable bonds is 19. The predicted octanol–water partition coefficient (Wildman–Crippen LogP) is 3.62. The Morgan fingerprint density at radius 1 is 0.889 bits per heavy atom. The fourth-order valence-corrected chi connectivity index (χ4v) is 3.49. The number of aliphatic hydroxyl groups is 2. The average molecular weight is 388 g/mol. The first-order valence-corrected chi connectivity index (χ1v) is 11.3. The molecule has 0 aromatic rings. The quantitative estimate of drug-likeness (QED) is 0.234. The van der Waals surface area contributed by atoms with Crippen molar-refractivity contribution >= 4 is 5.91 Å². The van der Waals surface area contributed by atoms with Gasteiger partial charge in [0.15, 0.2) is 0 Å². The fourth-order valence-electron chi connectivity index (χ4n) is 3.49. The number of aliphatic hydroxyl groups excluding tert-OH is 2. The van der Waals surface area contributed by atoms with Gasteiger partial charge in [-0.05, 0) is 6.42 Å². The summed E-state index contributed by atoms with van der Waals surface area (Å²) in [7, 11) is 4.07. The molecule has 0 heterocycles. The maximum atomic E-state index is 11.9. The van der Waals surface area contributed by atoms with Gasteiger partial charge in [-0.1, -0.05) is 71.1 Å². The lowest BCUT2D eigenvalue weighted by molar-refractivity contribution is -0.893. The highest BCUT2D eigenvalue weighted by Gasteiger charge is 2.19. The van der Waals surface area contributed by atoms with E-state index in [2.05, 4.69) is 12.2 Å². The van der Waals surface area contributed by atoms with Gasteiger partial charge in [-0.25, -0.2) is 0 Å². The second kappa shape index (κ2) is 17.4. The van der Waals surface area contributed by atoms with E-state index in [0.717, 1.165) is 25.8 Å². The first kappa shape index (κ1) is 26.4. The monoisotopic (exact) mass is 387 g/mol. The Morgan fingerprint density at radius 3 is 1.93 bits per heavy atom. The minimum atomic E-state index is -0.671. The highest BCUT2D eigenvalue weighted by Crippen LogP contribution is 2.11. The first-order chi connectivity index (χ1) is 12.9. The van der Waals surface area contributed by atoms with Gasteiger partial charge in [0, 0.05) is 19.4 Å². The molecule has 0 aromatic heterocycles. The smallest absolute Gasteiger partial charge is 0.219 e. The van der Waals surface area contributed by atoms with Crippen molar-refractivity contribution in [2.24, 2.45) is 0 Å². The van der Waals surface area contributed by atoms with Crippen LogP contribution in [0.4, 0.5) is 0 Å². The van der Waals surface area contributed by atoms with E-state index < -0.39 is 6.10 Å². The number of carbonyl (C=O) groups is 1. The molecular formula is C22H47N2O3+. The Morgan fingerprint density at radius 2 is 1.41 bits per heavy atom. The molecule has 27 heavy (non-hydrogen) atoms. The third kappa shape index (κ3) is 18.5. The molecule has 0 spiro atoms. The van der Waals surface area contributed by atoms with Crippen LogP contribution in [0.25, 0.3) is 0 Å². The van der Waals surface area contributed by atoms with Crippen molar-refractivity contribution in [3.05, 3.63) is 0 Å². The first-order valence-electron chi connectivity index (χ1n) is 11.3. The predicted molar refractivity (Wildman–Crippen MR) is 114 cm³/mol. The van der Waals surface area contributed by atoms with Crippen LogP contribution in [0, 0.1) is 0 Å². The molecule has 0 fully saturated rings. The van der Waals surface area contributed by atoms with Crippen LogP contribution < -0.4 is 5.32 Å². The third-order valence-corrected chi connectivity index (χ3v) is 5.19. The molecule has 1 unspecified atom stereocenters. The Balaban J connectivity index is 3.42. The van der Waals surface area contributed by atoms with Crippen LogP contribution in [-0.4, -0.2) is 67.0 Å². The van der Waals surface area contributed by atoms with E-state index in [-0.39, 0.29) is 12.5 Å². The summed E-state index contributed by atoms with van der Waals surface area (Å²) in [6.07, 6.45) is 15.2. The van der Waals surface area contributed by atoms with E-state index in [0.29, 0.717) is 24.0 Å². The fraction of sp³-hybridized carbons (Fsp3) is 0.955. The molecule has 0 aromatic carbocycles. The average Bonchev–Trinajstić information content (AvgIpc) is 2.62. The molecule has 5 nitrogen and oxygen atoms in total. The van der Waals surface area contributed by atoms with Crippen molar-refractivity contribution < 1.29 is 19.5 Å². The van der Waals surface area contributed by atoms with Crippen molar-refractivity contribution in [2.45, 2.75) is 96.5 Å². The molecule has 1 atom stereocenters. The number of quaternary nitrogens is 1. The molecule has 0 aliphatic carbocycles. The molecule has 0 aliphatic rings. The van der Waals surface area contributed by atoms with Crippen molar-refractivity contribution in [2.75, 3.05) is 40.3 Å². The Bertz CT molecular complexity index is 348. The second-order valence-electron chi connectivity index (χ2n) is 8.67. The summed E-state index contributed by atoms with van der Waals surface area (Å²) < 4.78 is 0.649. The number of likely N-dealkylation sites (N-methyl/N-ethyl adjacent to an activating group) is 1. The third-order valence-electron chi connectivity index (χ3n) is 5.19. The maximum absolute atomic E-state index is 11.9. The van der Waals surface area contributed by atoms with Gasteiger partial charge in [0.1, 0.15) is 12.6 Å². The van der Waals surface area contributed by atoms with E-state index in [1.165, 1.54) is 57.8 Å². The van der Waals surface area contributed by atoms with Gasteiger partial charge in [-0.2, -0.15) is 0 Å². The molecule has 0 saturated carbocycles. The van der Waals surface area contributed by atoms with E-state index >= 15 is 0 Å². The molecule has 5 heteroatoms. The molecule has 3 N–H and O–H groups in total. The summed E-state index contributed by atoms with van der Waals surface area (Å²) in [5.74, 6) is 0.159. The number of amides is 1. The molecular weight excluding hydrogens is 340 g/mol. The number of nitrogens with one attached hydrogen (secondary N) is 1. The summed E-state index contributed by atoms with van der Waals surface area (Å²) >= 11 is 0. The molecule has 0 rings (SSSR count). The van der Waals surface area contributed by atoms with Gasteiger partial charge in [0.2, 0.25) is 5.91 Å². The molecule has 0 aliphatic heterocycles. The summed E-state index contributed by atoms with van der Waals surface area (Å²) in [4.78, 5) is 11.9. The summed E-state index contributed by atoms with van der Waals surface area (Å²) in [6, 6.07) is 0. The zero-order valence-corrected chi connectivity index (χ0v) is 18.3. The van der Waals surface area contributed by atoms with E-state index in [1.807, 2.05) is 14.1 Å². The Kier molecular flexibility index (Phi) is 17.0. The van der Waals surface area contributed by atoms with E-state index in [4.69, 9.17) is 5.11 Å². The van der Waals surface area contributed by atoms with Crippen LogP contribution >= 0.6 is 0 Å². The summed E-state index contributed by atoms with van der Waals surface area (Å²) in [5, 5.41) is 21.5. The number of nitrogens with zero attached hydrogens (tertiary/aromatic N) is 1. The lowest BCUT2D eigenvalue weighted by Gasteiger charge is -2.31. The van der Waals surface area contributed by atoms with Crippen LogP contribution in [0.3, 0.4) is 0 Å². The standard InChI is InChI=1S/C22H46N2O3/c1-4-5-6-7-8-9-10-11-12-13-14-16-22(27)23-17-15-18-24(2,3)19-21(26)20-25/h21,25-26H,4-20H2,1-3H3/p+1. The minimum absolute atomic E-state index is 0.159. The largest absolute Gasteiger partial charge is 0.393 e. The zero-order valence-electron chi connectivity index (χ0n) is 18.3. The van der Waals surface area contributed by atoms with E-state index in [9.17, 15) is 9.90 Å². The van der Waals surface area contributed by atoms with Crippen LogP contribution in [0.5, 0.6) is 0 Å². The molecule has 0 saturated heterocycles. The van der Waals surface area contributed by atoms with Gasteiger partial charge in [-0.3, -0.25) is 4.79 Å². The number of hydrogen-bond acceptors (Lipinski definition) is 3. The molecule has 0 radical (unpaired) electrons. The lowest BCUT2D eigenvalue weighted by Crippen LogP contribution is -2.47. The summed E-state index contributed by atoms with van der Waals surface area (Å²) in [5.41, 5.74) is 0. The topological polar surface area (TPSA) is 69.6 Å². The van der Waals surface area contributed by atoms with Gasteiger partial charge in [-0.15, -0.1) is 0 Å². The van der Waals surface area contributed by atoms with Crippen LogP contribution in [0.15, 0.2) is 0 Å². The second-order valence-corrected chi connectivity index (χ2v) is 8.67. The summed E-state index contributed by atoms with van der Waals surface area (Å²) in [6.45, 7) is 4.15. The van der Waals surface area contributed by atoms with Crippen molar-refractivity contribution in [1.29, 1.82) is 0 Å². The Labute approximate surface area is 168 Å². The van der Waals surface area contributed by atoms with Crippen molar-refractivity contribution in [3.63, 3.8) is 0 Å². The molecule has 0 bridgehead atoms. The van der Waals surface area contributed by atoms with Crippen molar-refractivity contribution in [1.82, 2.24) is 5.32 Å². The van der Waals surface area contributed by atoms with Gasteiger partial charge < -0.3 is 20.0 Å². The Hall–Kier alpha value is -0.650. The van der Waals surface area contributed by atoms with Gasteiger partial charge in [0.05, 0.1) is 27.2 Å². The lowest BCUT2D eigenvalue weighted by atomic mass is 10.1. The zero-order chi connectivity index (χ0) is 20.4. The highest BCUT2D eigenvalue weighted by molar-refractivity contribution is 5.75. The van der Waals surface area contributed by atoms with E-state index in [1.54, 1.807) is 0 Å². The number of unbranched alkanes of at least 4 members (excludes halogenated alkanes) is 10. The van der Waals surface area contributed by atoms with Crippen LogP contribution in [0.2, 0.25) is 0 Å². The van der Waals surface area contributed by atoms with Crippen molar-refractivity contribution in [3.8, 4) is 0 Å². The molecule has 162 valence electrons. The van der Waals surface area contributed by atoms with Gasteiger partial charge in [0.25, 0.3) is 0 Å². The maximum Gasteiger partial charge on any atom is 0.219 e. The normalized spacial score (nSPS) is 12.9. The molecule has 1 amide bonds. The SMILES string of the molecule is CCCCCCCCCCCCCC(=O)NCCC[N+](C)(C)CC(O)CO. The number of hydrogen-bond donors (Lipinski definition) is 3. The highest BCUT2D eigenvalue weighted by atomic mass is 16.3. The van der Waals surface area contributed by atoms with Crippen LogP contribution in [0.1, 0.15) is 90.4 Å². The van der Waals surface area contributed by atoms with Crippen LogP contribution in [-0.2, 0) is 4.79 Å². The number of carbonyl (C=O) groups excluding carboxylic acids is 1. The minimum Gasteiger partial charge on any atom is -0.393 e.